The Labute approximate surface area is 218 Å². The molecule has 0 aliphatic carbocycles. The van der Waals surface area contributed by atoms with Crippen molar-refractivity contribution in [3.63, 3.8) is 0 Å². The Morgan fingerprint density at radius 2 is 1.11 bits per heavy atom. The van der Waals surface area contributed by atoms with Gasteiger partial charge in [-0.2, -0.15) is 0 Å². The van der Waals surface area contributed by atoms with Crippen LogP contribution in [0.2, 0.25) is 0 Å². The maximum atomic E-state index is 6.54. The minimum absolute atomic E-state index is 0.367. The fraction of sp³-hybridized carbons (Fsp3) is 0.333. The molecule has 1 heterocycles. The third-order valence-electron chi connectivity index (χ3n) is 6.03. The van der Waals surface area contributed by atoms with E-state index >= 15 is 0 Å². The normalized spacial score (nSPS) is 24.2. The molecular formula is C30H33ClO5. The first-order valence-corrected chi connectivity index (χ1v) is 12.7. The molecule has 4 rings (SSSR count). The summed E-state index contributed by atoms with van der Waals surface area (Å²) >= 11 is 5.97. The van der Waals surface area contributed by atoms with Crippen molar-refractivity contribution in [2.45, 2.75) is 50.5 Å². The Morgan fingerprint density at radius 1 is 0.667 bits per heavy atom. The Bertz CT molecular complexity index is 1030. The van der Waals surface area contributed by atoms with E-state index in [0.29, 0.717) is 25.7 Å². The molecule has 0 unspecified atom stereocenters. The number of alkyl halides is 1. The molecule has 5 atom stereocenters. The van der Waals surface area contributed by atoms with Gasteiger partial charge in [0, 0.05) is 13.0 Å². The highest BCUT2D eigenvalue weighted by Crippen LogP contribution is 2.31. The van der Waals surface area contributed by atoms with E-state index in [0.717, 1.165) is 16.7 Å². The van der Waals surface area contributed by atoms with Gasteiger partial charge in [-0.15, -0.1) is 11.6 Å². The molecule has 0 saturated carbocycles. The van der Waals surface area contributed by atoms with Gasteiger partial charge in [0.05, 0.1) is 19.8 Å². The Balaban J connectivity index is 1.60. The molecule has 3 aromatic carbocycles. The largest absolute Gasteiger partial charge is 0.368 e. The van der Waals surface area contributed by atoms with Gasteiger partial charge in [0.25, 0.3) is 0 Å². The molecule has 0 radical (unpaired) electrons. The maximum absolute atomic E-state index is 6.54. The van der Waals surface area contributed by atoms with Crippen LogP contribution in [0.5, 0.6) is 0 Å². The van der Waals surface area contributed by atoms with Gasteiger partial charge in [0.1, 0.15) is 24.4 Å². The van der Waals surface area contributed by atoms with Crippen molar-refractivity contribution in [1.82, 2.24) is 0 Å². The molecule has 6 heteroatoms. The van der Waals surface area contributed by atoms with E-state index in [1.165, 1.54) is 0 Å². The van der Waals surface area contributed by atoms with Crippen LogP contribution in [-0.2, 0) is 43.5 Å². The molecule has 190 valence electrons. The Morgan fingerprint density at radius 3 is 1.56 bits per heavy atom. The predicted octanol–water partition coefficient (Wildman–Crippen LogP) is 5.91. The fourth-order valence-electron chi connectivity index (χ4n) is 4.22. The van der Waals surface area contributed by atoms with E-state index in [-0.39, 0.29) is 0 Å². The van der Waals surface area contributed by atoms with Crippen LogP contribution in [0, 0.1) is 0 Å². The zero-order valence-corrected chi connectivity index (χ0v) is 21.2. The van der Waals surface area contributed by atoms with Gasteiger partial charge in [-0.3, -0.25) is 0 Å². The molecule has 0 bridgehead atoms. The number of hydrogen-bond donors (Lipinski definition) is 0. The summed E-state index contributed by atoms with van der Waals surface area (Å²) in [5.74, 6) is 0.367. The topological polar surface area (TPSA) is 46.2 Å². The molecule has 0 spiro atoms. The van der Waals surface area contributed by atoms with Gasteiger partial charge in [-0.25, -0.2) is 0 Å². The second-order valence-corrected chi connectivity index (χ2v) is 8.88. The first-order valence-electron chi connectivity index (χ1n) is 12.2. The van der Waals surface area contributed by atoms with Gasteiger partial charge in [0.15, 0.2) is 6.29 Å². The van der Waals surface area contributed by atoms with Crippen molar-refractivity contribution >= 4 is 11.6 Å². The van der Waals surface area contributed by atoms with Gasteiger partial charge in [-0.1, -0.05) is 103 Å². The zero-order valence-electron chi connectivity index (χ0n) is 20.4. The molecule has 1 aliphatic rings. The lowest BCUT2D eigenvalue weighted by atomic mass is 9.97. The summed E-state index contributed by atoms with van der Waals surface area (Å²) < 4.78 is 31.5. The van der Waals surface area contributed by atoms with Crippen molar-refractivity contribution < 1.29 is 23.7 Å². The van der Waals surface area contributed by atoms with E-state index in [9.17, 15) is 0 Å². The summed E-state index contributed by atoms with van der Waals surface area (Å²) in [5, 5.41) is 0. The quantitative estimate of drug-likeness (QED) is 0.225. The molecule has 5 nitrogen and oxygen atoms in total. The molecule has 1 aliphatic heterocycles. The molecule has 0 amide bonds. The average Bonchev–Trinajstić information content (AvgIpc) is 2.94. The lowest BCUT2D eigenvalue weighted by Gasteiger charge is -2.45. The first kappa shape index (κ1) is 26.6. The highest BCUT2D eigenvalue weighted by atomic mass is 35.5. The lowest BCUT2D eigenvalue weighted by molar-refractivity contribution is -0.309. The van der Waals surface area contributed by atoms with Gasteiger partial charge >= 0.3 is 0 Å². The summed E-state index contributed by atoms with van der Waals surface area (Å²) in [6.07, 6.45) is 1.30. The second-order valence-electron chi connectivity index (χ2n) is 8.57. The Hall–Kier alpha value is -2.51. The molecule has 0 aromatic heterocycles. The van der Waals surface area contributed by atoms with Gasteiger partial charge < -0.3 is 23.7 Å². The number of rotatable bonds is 12. The van der Waals surface area contributed by atoms with Crippen LogP contribution < -0.4 is 0 Å². The second kappa shape index (κ2) is 14.3. The third-order valence-corrected chi connectivity index (χ3v) is 6.21. The highest BCUT2D eigenvalue weighted by molar-refractivity contribution is 6.18. The van der Waals surface area contributed by atoms with Crippen LogP contribution in [0.15, 0.2) is 103 Å². The summed E-state index contributed by atoms with van der Waals surface area (Å²) in [5.41, 5.74) is 3.18. The summed E-state index contributed by atoms with van der Waals surface area (Å²) in [4.78, 5) is 0. The molecule has 0 N–H and O–H groups in total. The monoisotopic (exact) mass is 508 g/mol. The highest BCUT2D eigenvalue weighted by Gasteiger charge is 2.47. The summed E-state index contributed by atoms with van der Waals surface area (Å²) in [6, 6.07) is 30.1. The van der Waals surface area contributed by atoms with Crippen molar-refractivity contribution in [2.24, 2.45) is 0 Å². The van der Waals surface area contributed by atoms with E-state index in [1.54, 1.807) is 7.11 Å². The molecule has 1 saturated heterocycles. The van der Waals surface area contributed by atoms with Gasteiger partial charge in [0.2, 0.25) is 0 Å². The van der Waals surface area contributed by atoms with Crippen LogP contribution in [0.25, 0.3) is 0 Å². The fourth-order valence-corrected chi connectivity index (χ4v) is 4.32. The smallest absolute Gasteiger partial charge is 0.186 e. The van der Waals surface area contributed by atoms with Crippen LogP contribution >= 0.6 is 11.6 Å². The number of halogens is 1. The minimum atomic E-state index is -0.643. The van der Waals surface area contributed by atoms with E-state index in [2.05, 4.69) is 0 Å². The standard InChI is InChI=1S/C30H33ClO5/c1-32-30-29(35-22-25-16-9-4-10-17-25)28(34-21-24-14-7-3-8-15-24)27(26(36-30)18-11-19-31)33-20-23-12-5-2-6-13-23/h2-18,26-30H,19-22H2,1H3/b18-11+/t26-,27-,28+,29+,30+/m1/s1. The Kier molecular flexibility index (Phi) is 10.5. The van der Waals surface area contributed by atoms with Crippen molar-refractivity contribution in [1.29, 1.82) is 0 Å². The van der Waals surface area contributed by atoms with E-state index < -0.39 is 30.7 Å². The average molecular weight is 509 g/mol. The molecular weight excluding hydrogens is 476 g/mol. The third kappa shape index (κ3) is 7.50. The summed E-state index contributed by atoms with van der Waals surface area (Å²) in [6.45, 7) is 1.21. The molecule has 1 fully saturated rings. The number of allylic oxidation sites excluding steroid dienone is 1. The van der Waals surface area contributed by atoms with Gasteiger partial charge in [-0.05, 0) is 16.7 Å². The first-order chi connectivity index (χ1) is 17.8. The number of hydrogen-bond acceptors (Lipinski definition) is 5. The van der Waals surface area contributed by atoms with Crippen molar-refractivity contribution in [2.75, 3.05) is 13.0 Å². The van der Waals surface area contributed by atoms with Crippen LogP contribution in [0.4, 0.5) is 0 Å². The van der Waals surface area contributed by atoms with Crippen LogP contribution in [0.1, 0.15) is 16.7 Å². The molecule has 36 heavy (non-hydrogen) atoms. The summed E-state index contributed by atoms with van der Waals surface area (Å²) in [7, 11) is 1.62. The van der Waals surface area contributed by atoms with E-state index in [1.807, 2.05) is 103 Å². The van der Waals surface area contributed by atoms with Crippen molar-refractivity contribution in [3.8, 4) is 0 Å². The SMILES string of the molecule is CO[C@H]1O[C@H](/C=C/CCl)[C@@H](OCc2ccccc2)[C@H](OCc2ccccc2)[C@@H]1OCc1ccccc1. The maximum Gasteiger partial charge on any atom is 0.186 e. The number of benzene rings is 3. The minimum Gasteiger partial charge on any atom is -0.368 e. The number of ether oxygens (including phenoxy) is 5. The van der Waals surface area contributed by atoms with E-state index in [4.69, 9.17) is 35.3 Å². The lowest BCUT2D eigenvalue weighted by Crippen LogP contribution is -2.60. The van der Waals surface area contributed by atoms with Crippen LogP contribution in [-0.4, -0.2) is 43.7 Å². The molecule has 3 aromatic rings. The zero-order chi connectivity index (χ0) is 25.0. The predicted molar refractivity (Wildman–Crippen MR) is 141 cm³/mol. The number of methoxy groups -OCH3 is 1. The van der Waals surface area contributed by atoms with Crippen LogP contribution in [0.3, 0.4) is 0 Å². The van der Waals surface area contributed by atoms with Crippen molar-refractivity contribution in [3.05, 3.63) is 120 Å².